The standard InChI is InChI=1S/C17H27N3/c18-16-6-4-15(5-7-16)14-20(17-8-9-17)13-3-12-19-10-1-2-11-19/h4-7,17H,1-3,8-14,18H2. The van der Waals surface area contributed by atoms with E-state index in [-0.39, 0.29) is 0 Å². The second kappa shape index (κ2) is 6.59. The Morgan fingerprint density at radius 1 is 1.10 bits per heavy atom. The summed E-state index contributed by atoms with van der Waals surface area (Å²) in [6, 6.07) is 9.22. The Kier molecular flexibility index (Phi) is 4.58. The van der Waals surface area contributed by atoms with Gasteiger partial charge in [-0.2, -0.15) is 0 Å². The van der Waals surface area contributed by atoms with E-state index in [2.05, 4.69) is 21.9 Å². The SMILES string of the molecule is Nc1ccc(CN(CCCN2CCCC2)C2CC2)cc1. The van der Waals surface area contributed by atoms with Crippen molar-refractivity contribution in [3.05, 3.63) is 29.8 Å². The van der Waals surface area contributed by atoms with Gasteiger partial charge in [0.25, 0.3) is 0 Å². The molecule has 3 heteroatoms. The molecule has 3 rings (SSSR count). The average molecular weight is 273 g/mol. The first kappa shape index (κ1) is 13.9. The van der Waals surface area contributed by atoms with Gasteiger partial charge in [-0.1, -0.05) is 12.1 Å². The molecule has 1 aliphatic heterocycles. The number of hydrogen-bond donors (Lipinski definition) is 1. The zero-order valence-electron chi connectivity index (χ0n) is 12.4. The summed E-state index contributed by atoms with van der Waals surface area (Å²) in [5, 5.41) is 0. The maximum atomic E-state index is 5.76. The van der Waals surface area contributed by atoms with E-state index < -0.39 is 0 Å². The zero-order chi connectivity index (χ0) is 13.8. The highest BCUT2D eigenvalue weighted by Gasteiger charge is 2.28. The molecule has 1 heterocycles. The van der Waals surface area contributed by atoms with Crippen LogP contribution in [0.4, 0.5) is 5.69 Å². The smallest absolute Gasteiger partial charge is 0.0314 e. The first-order valence-electron chi connectivity index (χ1n) is 8.12. The summed E-state index contributed by atoms with van der Waals surface area (Å²) in [7, 11) is 0. The number of rotatable bonds is 7. The fraction of sp³-hybridized carbons (Fsp3) is 0.647. The van der Waals surface area contributed by atoms with Crippen molar-refractivity contribution in [2.24, 2.45) is 0 Å². The molecule has 1 aliphatic carbocycles. The van der Waals surface area contributed by atoms with Gasteiger partial charge in [0.1, 0.15) is 0 Å². The summed E-state index contributed by atoms with van der Waals surface area (Å²) in [4.78, 5) is 5.29. The van der Waals surface area contributed by atoms with Gasteiger partial charge in [-0.3, -0.25) is 4.90 Å². The van der Waals surface area contributed by atoms with Gasteiger partial charge >= 0.3 is 0 Å². The van der Waals surface area contributed by atoms with Crippen LogP contribution in [0.2, 0.25) is 0 Å². The van der Waals surface area contributed by atoms with Crippen LogP contribution >= 0.6 is 0 Å². The van der Waals surface area contributed by atoms with Crippen molar-refractivity contribution in [1.82, 2.24) is 9.80 Å². The van der Waals surface area contributed by atoms with Crippen LogP contribution in [0.15, 0.2) is 24.3 Å². The van der Waals surface area contributed by atoms with Crippen LogP contribution in [0.25, 0.3) is 0 Å². The number of nitrogen functional groups attached to an aromatic ring is 1. The minimum atomic E-state index is 0.839. The highest BCUT2D eigenvalue weighted by Crippen LogP contribution is 2.28. The quantitative estimate of drug-likeness (QED) is 0.775. The molecule has 1 aromatic carbocycles. The van der Waals surface area contributed by atoms with Gasteiger partial charge in [-0.25, -0.2) is 0 Å². The molecule has 0 unspecified atom stereocenters. The lowest BCUT2D eigenvalue weighted by atomic mass is 10.2. The van der Waals surface area contributed by atoms with Gasteiger partial charge in [0.2, 0.25) is 0 Å². The summed E-state index contributed by atoms with van der Waals surface area (Å²) in [6.07, 6.45) is 6.89. The van der Waals surface area contributed by atoms with Crippen molar-refractivity contribution < 1.29 is 0 Å². The minimum absolute atomic E-state index is 0.839. The minimum Gasteiger partial charge on any atom is -0.399 e. The number of benzene rings is 1. The fourth-order valence-corrected chi connectivity index (χ4v) is 3.19. The lowest BCUT2D eigenvalue weighted by molar-refractivity contribution is 0.230. The van der Waals surface area contributed by atoms with Crippen molar-refractivity contribution in [3.63, 3.8) is 0 Å². The monoisotopic (exact) mass is 273 g/mol. The molecule has 1 saturated carbocycles. The summed E-state index contributed by atoms with van der Waals surface area (Å²) in [5.41, 5.74) is 8.02. The number of likely N-dealkylation sites (tertiary alicyclic amines) is 1. The highest BCUT2D eigenvalue weighted by molar-refractivity contribution is 5.39. The van der Waals surface area contributed by atoms with E-state index in [0.717, 1.165) is 18.3 Å². The molecule has 20 heavy (non-hydrogen) atoms. The first-order valence-corrected chi connectivity index (χ1v) is 8.12. The normalized spacial score (nSPS) is 19.9. The Morgan fingerprint density at radius 3 is 2.45 bits per heavy atom. The van der Waals surface area contributed by atoms with Gasteiger partial charge in [-0.05, 0) is 76.0 Å². The predicted molar refractivity (Wildman–Crippen MR) is 84.6 cm³/mol. The molecule has 0 bridgehead atoms. The van der Waals surface area contributed by atoms with Crippen LogP contribution in [0, 0.1) is 0 Å². The molecule has 3 nitrogen and oxygen atoms in total. The third kappa shape index (κ3) is 3.97. The van der Waals surface area contributed by atoms with E-state index in [4.69, 9.17) is 5.73 Å². The maximum Gasteiger partial charge on any atom is 0.0314 e. The lowest BCUT2D eigenvalue weighted by Crippen LogP contribution is -2.30. The van der Waals surface area contributed by atoms with Gasteiger partial charge in [0.15, 0.2) is 0 Å². The Labute approximate surface area is 122 Å². The molecule has 110 valence electrons. The zero-order valence-corrected chi connectivity index (χ0v) is 12.4. The molecule has 2 aliphatic rings. The van der Waals surface area contributed by atoms with Crippen LogP contribution in [-0.2, 0) is 6.54 Å². The van der Waals surface area contributed by atoms with E-state index in [9.17, 15) is 0 Å². The van der Waals surface area contributed by atoms with E-state index in [0.29, 0.717) is 0 Å². The molecular formula is C17H27N3. The van der Waals surface area contributed by atoms with Crippen LogP contribution < -0.4 is 5.73 Å². The van der Waals surface area contributed by atoms with Gasteiger partial charge in [0.05, 0.1) is 0 Å². The lowest BCUT2D eigenvalue weighted by Gasteiger charge is -2.23. The fourth-order valence-electron chi connectivity index (χ4n) is 3.19. The molecule has 2 fully saturated rings. The number of nitrogens with two attached hydrogens (primary N) is 1. The van der Waals surface area contributed by atoms with Crippen LogP contribution in [-0.4, -0.2) is 42.0 Å². The third-order valence-electron chi connectivity index (χ3n) is 4.55. The second-order valence-corrected chi connectivity index (χ2v) is 6.35. The second-order valence-electron chi connectivity index (χ2n) is 6.35. The molecule has 0 aromatic heterocycles. The molecule has 0 amide bonds. The molecular weight excluding hydrogens is 246 g/mol. The van der Waals surface area contributed by atoms with Crippen molar-refractivity contribution in [3.8, 4) is 0 Å². The van der Waals surface area contributed by atoms with Crippen molar-refractivity contribution in [1.29, 1.82) is 0 Å². The van der Waals surface area contributed by atoms with Crippen LogP contribution in [0.1, 0.15) is 37.7 Å². The Balaban J connectivity index is 1.46. The molecule has 0 atom stereocenters. The topological polar surface area (TPSA) is 32.5 Å². The number of anilines is 1. The van der Waals surface area contributed by atoms with Crippen molar-refractivity contribution in [2.75, 3.05) is 31.9 Å². The van der Waals surface area contributed by atoms with Crippen molar-refractivity contribution in [2.45, 2.75) is 44.7 Å². The molecule has 0 radical (unpaired) electrons. The average Bonchev–Trinajstić information content (AvgIpc) is 3.17. The number of nitrogens with zero attached hydrogens (tertiary/aromatic N) is 2. The summed E-state index contributed by atoms with van der Waals surface area (Å²) in [6.45, 7) is 6.25. The Bertz CT molecular complexity index is 405. The predicted octanol–water partition coefficient (Wildman–Crippen LogP) is 2.72. The largest absolute Gasteiger partial charge is 0.399 e. The van der Waals surface area contributed by atoms with Gasteiger partial charge in [0, 0.05) is 18.3 Å². The maximum absolute atomic E-state index is 5.76. The molecule has 2 N–H and O–H groups in total. The number of hydrogen-bond acceptors (Lipinski definition) is 3. The van der Waals surface area contributed by atoms with Gasteiger partial charge in [-0.15, -0.1) is 0 Å². The van der Waals surface area contributed by atoms with E-state index in [1.807, 2.05) is 12.1 Å². The Hall–Kier alpha value is -1.06. The van der Waals surface area contributed by atoms with Crippen LogP contribution in [0.3, 0.4) is 0 Å². The van der Waals surface area contributed by atoms with Crippen LogP contribution in [0.5, 0.6) is 0 Å². The third-order valence-corrected chi connectivity index (χ3v) is 4.55. The summed E-state index contributed by atoms with van der Waals surface area (Å²) >= 11 is 0. The first-order chi connectivity index (χ1) is 9.81. The van der Waals surface area contributed by atoms with E-state index in [1.54, 1.807) is 0 Å². The van der Waals surface area contributed by atoms with E-state index in [1.165, 1.54) is 63.8 Å². The highest BCUT2D eigenvalue weighted by atomic mass is 15.2. The summed E-state index contributed by atoms with van der Waals surface area (Å²) < 4.78 is 0. The summed E-state index contributed by atoms with van der Waals surface area (Å²) in [5.74, 6) is 0. The van der Waals surface area contributed by atoms with Crippen molar-refractivity contribution >= 4 is 5.69 Å². The molecule has 1 aromatic rings. The molecule has 1 saturated heterocycles. The molecule has 0 spiro atoms. The Morgan fingerprint density at radius 2 is 1.80 bits per heavy atom. The van der Waals surface area contributed by atoms with Gasteiger partial charge < -0.3 is 10.6 Å². The van der Waals surface area contributed by atoms with E-state index >= 15 is 0 Å².